The van der Waals surface area contributed by atoms with Gasteiger partial charge in [-0.3, -0.25) is 9.59 Å². The number of hydrogen-bond acceptors (Lipinski definition) is 5. The second-order valence-corrected chi connectivity index (χ2v) is 6.18. The lowest BCUT2D eigenvalue weighted by Crippen LogP contribution is -2.43. The first kappa shape index (κ1) is 16.0. The lowest BCUT2D eigenvalue weighted by Gasteiger charge is -2.31. The van der Waals surface area contributed by atoms with Crippen LogP contribution in [0, 0.1) is 5.92 Å². The van der Waals surface area contributed by atoms with Crippen LogP contribution in [0.4, 0.5) is 0 Å². The fourth-order valence-corrected chi connectivity index (χ4v) is 3.13. The van der Waals surface area contributed by atoms with Gasteiger partial charge in [0.15, 0.2) is 5.12 Å². The van der Waals surface area contributed by atoms with E-state index in [-0.39, 0.29) is 23.0 Å². The minimum Gasteiger partial charge on any atom is -0.351 e. The Morgan fingerprint density at radius 1 is 1.24 bits per heavy atom. The van der Waals surface area contributed by atoms with E-state index in [0.29, 0.717) is 24.4 Å². The van der Waals surface area contributed by atoms with Crippen molar-refractivity contribution in [2.24, 2.45) is 17.4 Å². The van der Waals surface area contributed by atoms with E-state index < -0.39 is 0 Å². The van der Waals surface area contributed by atoms with Crippen LogP contribution in [0.2, 0.25) is 0 Å². The summed E-state index contributed by atoms with van der Waals surface area (Å²) in [4.78, 5) is 23.6. The summed E-state index contributed by atoms with van der Waals surface area (Å²) in [6, 6.07) is 7.32. The van der Waals surface area contributed by atoms with Gasteiger partial charge in [0, 0.05) is 36.4 Å². The Morgan fingerprint density at radius 3 is 2.48 bits per heavy atom. The highest BCUT2D eigenvalue weighted by Gasteiger charge is 2.33. The van der Waals surface area contributed by atoms with Crippen LogP contribution in [0.15, 0.2) is 24.3 Å². The van der Waals surface area contributed by atoms with Crippen molar-refractivity contribution in [1.82, 2.24) is 5.32 Å². The standard InChI is InChI=1S/C15H21N3O2S/c16-7-8-18-14(19)11-3-1-10(2-4-11)9-21-15(20)12-5-6-13(12)17/h1-4,12-13H,5-9,16-17H2,(H,18,19). The lowest BCUT2D eigenvalue weighted by molar-refractivity contribution is -0.117. The van der Waals surface area contributed by atoms with E-state index in [1.165, 1.54) is 11.8 Å². The first-order chi connectivity index (χ1) is 10.1. The normalized spacial score (nSPS) is 20.7. The van der Waals surface area contributed by atoms with Gasteiger partial charge >= 0.3 is 0 Å². The summed E-state index contributed by atoms with van der Waals surface area (Å²) in [6.07, 6.45) is 1.86. The molecule has 0 aliphatic heterocycles. The molecule has 0 heterocycles. The Morgan fingerprint density at radius 2 is 1.95 bits per heavy atom. The number of hydrogen-bond donors (Lipinski definition) is 3. The van der Waals surface area contributed by atoms with Gasteiger partial charge in [0.2, 0.25) is 0 Å². The Labute approximate surface area is 128 Å². The second kappa shape index (κ2) is 7.59. The van der Waals surface area contributed by atoms with Crippen LogP contribution >= 0.6 is 11.8 Å². The van der Waals surface area contributed by atoms with E-state index in [1.54, 1.807) is 12.1 Å². The molecular weight excluding hydrogens is 286 g/mol. The molecule has 1 aromatic carbocycles. The molecule has 1 fully saturated rings. The molecule has 5 nitrogen and oxygen atoms in total. The zero-order valence-electron chi connectivity index (χ0n) is 11.9. The highest BCUT2D eigenvalue weighted by molar-refractivity contribution is 8.13. The van der Waals surface area contributed by atoms with Crippen LogP contribution in [0.25, 0.3) is 0 Å². The van der Waals surface area contributed by atoms with Gasteiger partial charge in [0.25, 0.3) is 5.91 Å². The minimum absolute atomic E-state index is 0.0244. The number of rotatable bonds is 6. The molecule has 0 saturated heterocycles. The fraction of sp³-hybridized carbons (Fsp3) is 0.467. The number of benzene rings is 1. The summed E-state index contributed by atoms with van der Waals surface area (Å²) in [5, 5.41) is 2.90. The molecule has 6 heteroatoms. The Kier molecular flexibility index (Phi) is 5.78. The topological polar surface area (TPSA) is 98.2 Å². The van der Waals surface area contributed by atoms with E-state index >= 15 is 0 Å². The Hall–Kier alpha value is -1.37. The molecule has 2 unspecified atom stereocenters. The van der Waals surface area contributed by atoms with Gasteiger partial charge in [0.1, 0.15) is 0 Å². The van der Waals surface area contributed by atoms with Crippen LogP contribution in [0.3, 0.4) is 0 Å². The van der Waals surface area contributed by atoms with Gasteiger partial charge in [0.05, 0.1) is 0 Å². The fourth-order valence-electron chi connectivity index (χ4n) is 2.12. The summed E-state index contributed by atoms with van der Waals surface area (Å²) in [7, 11) is 0. The summed E-state index contributed by atoms with van der Waals surface area (Å²) in [6.45, 7) is 0.887. The van der Waals surface area contributed by atoms with Crippen LogP contribution in [-0.2, 0) is 10.5 Å². The van der Waals surface area contributed by atoms with Gasteiger partial charge in [-0.2, -0.15) is 0 Å². The maximum atomic E-state index is 11.9. The number of amides is 1. The molecule has 2 atom stereocenters. The first-order valence-electron chi connectivity index (χ1n) is 7.11. The summed E-state index contributed by atoms with van der Waals surface area (Å²) < 4.78 is 0. The predicted molar refractivity (Wildman–Crippen MR) is 84.8 cm³/mol. The third-order valence-electron chi connectivity index (χ3n) is 3.66. The van der Waals surface area contributed by atoms with Gasteiger partial charge < -0.3 is 16.8 Å². The largest absolute Gasteiger partial charge is 0.351 e. The molecule has 1 saturated carbocycles. The van der Waals surface area contributed by atoms with Gasteiger partial charge in [-0.1, -0.05) is 23.9 Å². The van der Waals surface area contributed by atoms with Gasteiger partial charge in [-0.15, -0.1) is 0 Å². The van der Waals surface area contributed by atoms with Crippen molar-refractivity contribution in [2.45, 2.75) is 24.6 Å². The molecule has 0 bridgehead atoms. The number of nitrogens with one attached hydrogen (secondary N) is 1. The number of thioether (sulfide) groups is 1. The van der Waals surface area contributed by atoms with Crippen LogP contribution in [0.5, 0.6) is 0 Å². The monoisotopic (exact) mass is 307 g/mol. The van der Waals surface area contributed by atoms with E-state index in [1.807, 2.05) is 12.1 Å². The molecule has 0 radical (unpaired) electrons. The van der Waals surface area contributed by atoms with E-state index in [0.717, 1.165) is 18.4 Å². The number of carbonyl (C=O) groups is 2. The smallest absolute Gasteiger partial charge is 0.251 e. The van der Waals surface area contributed by atoms with E-state index in [9.17, 15) is 9.59 Å². The van der Waals surface area contributed by atoms with Crippen LogP contribution < -0.4 is 16.8 Å². The van der Waals surface area contributed by atoms with Crippen molar-refractivity contribution in [1.29, 1.82) is 0 Å². The van der Waals surface area contributed by atoms with Gasteiger partial charge in [-0.05, 0) is 30.5 Å². The average Bonchev–Trinajstić information content (AvgIpc) is 2.49. The molecule has 114 valence electrons. The highest BCUT2D eigenvalue weighted by Crippen LogP contribution is 2.31. The minimum atomic E-state index is -0.129. The molecule has 1 amide bonds. The maximum Gasteiger partial charge on any atom is 0.251 e. The Bertz CT molecular complexity index is 504. The van der Waals surface area contributed by atoms with Crippen molar-refractivity contribution in [3.05, 3.63) is 35.4 Å². The Balaban J connectivity index is 1.82. The van der Waals surface area contributed by atoms with Crippen LogP contribution in [0.1, 0.15) is 28.8 Å². The van der Waals surface area contributed by atoms with Gasteiger partial charge in [-0.25, -0.2) is 0 Å². The van der Waals surface area contributed by atoms with Crippen molar-refractivity contribution >= 4 is 22.8 Å². The van der Waals surface area contributed by atoms with E-state index in [4.69, 9.17) is 11.5 Å². The third kappa shape index (κ3) is 4.30. The SMILES string of the molecule is NCCNC(=O)c1ccc(CSC(=O)C2CCC2N)cc1. The molecule has 1 aliphatic rings. The number of carbonyl (C=O) groups excluding carboxylic acids is 2. The summed E-state index contributed by atoms with van der Waals surface area (Å²) in [5.41, 5.74) is 12.8. The summed E-state index contributed by atoms with van der Waals surface area (Å²) in [5.74, 6) is 0.514. The highest BCUT2D eigenvalue weighted by atomic mass is 32.2. The zero-order valence-corrected chi connectivity index (χ0v) is 12.7. The van der Waals surface area contributed by atoms with Crippen molar-refractivity contribution in [3.63, 3.8) is 0 Å². The molecule has 2 rings (SSSR count). The van der Waals surface area contributed by atoms with E-state index in [2.05, 4.69) is 5.32 Å². The second-order valence-electron chi connectivity index (χ2n) is 5.20. The number of nitrogens with two attached hydrogens (primary N) is 2. The third-order valence-corrected chi connectivity index (χ3v) is 4.72. The molecule has 0 aromatic heterocycles. The zero-order chi connectivity index (χ0) is 15.2. The van der Waals surface area contributed by atoms with Crippen molar-refractivity contribution in [3.8, 4) is 0 Å². The lowest BCUT2D eigenvalue weighted by atomic mass is 9.81. The molecular formula is C15H21N3O2S. The van der Waals surface area contributed by atoms with Crippen molar-refractivity contribution < 1.29 is 9.59 Å². The molecule has 0 spiro atoms. The quantitative estimate of drug-likeness (QED) is 0.724. The maximum absolute atomic E-state index is 11.9. The molecule has 21 heavy (non-hydrogen) atoms. The van der Waals surface area contributed by atoms with Crippen molar-refractivity contribution in [2.75, 3.05) is 13.1 Å². The molecule has 1 aliphatic carbocycles. The van der Waals surface area contributed by atoms with Crippen LogP contribution in [-0.4, -0.2) is 30.2 Å². The average molecular weight is 307 g/mol. The molecule has 1 aromatic rings. The summed E-state index contributed by atoms with van der Waals surface area (Å²) >= 11 is 1.31. The first-order valence-corrected chi connectivity index (χ1v) is 8.10. The predicted octanol–water partition coefficient (Wildman–Crippen LogP) is 0.872. The molecule has 5 N–H and O–H groups in total.